The molecule has 1 aliphatic carbocycles. The number of hydrogen-bond donors (Lipinski definition) is 1. The van der Waals surface area contributed by atoms with Crippen molar-refractivity contribution in [1.29, 1.82) is 0 Å². The van der Waals surface area contributed by atoms with E-state index in [0.29, 0.717) is 35.3 Å². The molecule has 2 aromatic heterocycles. The highest BCUT2D eigenvalue weighted by atomic mass is 19.4. The molecule has 0 spiro atoms. The van der Waals surface area contributed by atoms with Crippen LogP contribution >= 0.6 is 0 Å². The summed E-state index contributed by atoms with van der Waals surface area (Å²) in [6, 6.07) is 13.1. The van der Waals surface area contributed by atoms with E-state index in [1.165, 1.54) is 48.3 Å². The summed E-state index contributed by atoms with van der Waals surface area (Å²) in [6.07, 6.45) is -6.53. The van der Waals surface area contributed by atoms with Crippen LogP contribution in [0.3, 0.4) is 0 Å². The van der Waals surface area contributed by atoms with Crippen molar-refractivity contribution < 1.29 is 45.7 Å². The Morgan fingerprint density at radius 3 is 2.57 bits per heavy atom. The average molecular weight is 617 g/mol. The van der Waals surface area contributed by atoms with Gasteiger partial charge in [-0.3, -0.25) is 0 Å². The third-order valence-corrected chi connectivity index (χ3v) is 7.34. The van der Waals surface area contributed by atoms with Crippen molar-refractivity contribution >= 4 is 11.7 Å². The van der Waals surface area contributed by atoms with Crippen molar-refractivity contribution in [2.75, 3.05) is 12.4 Å². The minimum atomic E-state index is -4.68. The number of nitrogens with zero attached hydrogens (tertiary/aromatic N) is 3. The molecule has 2 atom stereocenters. The van der Waals surface area contributed by atoms with Crippen molar-refractivity contribution in [3.8, 4) is 23.1 Å². The van der Waals surface area contributed by atoms with Crippen molar-refractivity contribution in [2.45, 2.75) is 50.8 Å². The van der Waals surface area contributed by atoms with E-state index < -0.39 is 36.3 Å². The fraction of sp³-hybridized carbons (Fsp3) is 0.300. The van der Waals surface area contributed by atoms with Gasteiger partial charge in [-0.05, 0) is 74.2 Å². The number of ether oxygens (including phenoxy) is 4. The highest BCUT2D eigenvalue weighted by Crippen LogP contribution is 2.43. The van der Waals surface area contributed by atoms with Crippen LogP contribution in [0.1, 0.15) is 64.8 Å². The van der Waals surface area contributed by atoms with E-state index in [2.05, 4.69) is 24.9 Å². The topological polar surface area (TPSA) is 96.7 Å². The predicted octanol–water partition coefficient (Wildman–Crippen LogP) is 7.02. The fourth-order valence-electron chi connectivity index (χ4n) is 5.34. The van der Waals surface area contributed by atoms with Crippen molar-refractivity contribution in [2.24, 2.45) is 0 Å². The standard InChI is InChI=1S/C30H25F5N4O5/c1-16(18-8-11-23-24(14-18)44-30(34,35)43-23)42-25-15-20(12-13-36-25)39-26-21(27(38-39)29(31,32)33)4-3-5-22(26)37-19-9-6-17(7-10-19)28(40)41-2/h6-16,22,37H,3-5H2,1-2H3/t16-,22-/m0/s1. The summed E-state index contributed by atoms with van der Waals surface area (Å²) in [4.78, 5) is 16.0. The lowest BCUT2D eigenvalue weighted by Gasteiger charge is -2.27. The molecule has 1 N–H and O–H groups in total. The summed E-state index contributed by atoms with van der Waals surface area (Å²) < 4.78 is 90.2. The number of nitrogens with one attached hydrogen (secondary N) is 1. The molecule has 0 fully saturated rings. The maximum Gasteiger partial charge on any atom is 0.586 e. The Morgan fingerprint density at radius 2 is 1.84 bits per heavy atom. The number of esters is 1. The number of aromatic nitrogens is 3. The summed E-state index contributed by atoms with van der Waals surface area (Å²) in [6.45, 7) is 1.66. The first-order valence-electron chi connectivity index (χ1n) is 13.6. The molecular weight excluding hydrogens is 591 g/mol. The van der Waals surface area contributed by atoms with Gasteiger partial charge in [-0.25, -0.2) is 14.5 Å². The molecule has 0 unspecified atom stereocenters. The van der Waals surface area contributed by atoms with Crippen LogP contribution in [-0.2, 0) is 17.3 Å². The zero-order chi connectivity index (χ0) is 31.2. The van der Waals surface area contributed by atoms with Crippen LogP contribution in [0.5, 0.6) is 17.4 Å². The maximum atomic E-state index is 14.2. The summed E-state index contributed by atoms with van der Waals surface area (Å²) in [5.41, 5.74) is 1.18. The molecule has 0 saturated carbocycles. The predicted molar refractivity (Wildman–Crippen MR) is 145 cm³/mol. The molecule has 3 heterocycles. The van der Waals surface area contributed by atoms with Gasteiger partial charge in [0.1, 0.15) is 6.10 Å². The molecule has 44 heavy (non-hydrogen) atoms. The van der Waals surface area contributed by atoms with Crippen LogP contribution in [0, 0.1) is 0 Å². The van der Waals surface area contributed by atoms with E-state index in [1.807, 2.05) is 0 Å². The maximum absolute atomic E-state index is 14.2. The summed E-state index contributed by atoms with van der Waals surface area (Å²) in [5.74, 6) is -0.687. The molecule has 0 saturated heterocycles. The number of methoxy groups -OCH3 is 1. The number of fused-ring (bicyclic) bond motifs is 2. The molecule has 230 valence electrons. The molecule has 0 bridgehead atoms. The van der Waals surface area contributed by atoms with E-state index in [9.17, 15) is 26.7 Å². The third kappa shape index (κ3) is 5.71. The van der Waals surface area contributed by atoms with Gasteiger partial charge >= 0.3 is 18.4 Å². The van der Waals surface area contributed by atoms with Crippen LogP contribution < -0.4 is 19.5 Å². The van der Waals surface area contributed by atoms with Crippen LogP contribution in [0.2, 0.25) is 0 Å². The minimum Gasteiger partial charge on any atom is -0.470 e. The molecule has 4 aromatic rings. The van der Waals surface area contributed by atoms with Crippen LogP contribution in [-0.4, -0.2) is 34.1 Å². The molecule has 0 amide bonds. The van der Waals surface area contributed by atoms with Crippen LogP contribution in [0.15, 0.2) is 60.8 Å². The van der Waals surface area contributed by atoms with Crippen molar-refractivity contribution in [3.63, 3.8) is 0 Å². The number of alkyl halides is 5. The van der Waals surface area contributed by atoms with E-state index in [-0.39, 0.29) is 35.1 Å². The average Bonchev–Trinajstić information content (AvgIpc) is 3.54. The molecule has 9 nitrogen and oxygen atoms in total. The molecule has 2 aliphatic rings. The highest BCUT2D eigenvalue weighted by Gasteiger charge is 2.44. The zero-order valence-electron chi connectivity index (χ0n) is 23.3. The van der Waals surface area contributed by atoms with E-state index in [1.54, 1.807) is 31.2 Å². The number of benzene rings is 2. The van der Waals surface area contributed by atoms with Gasteiger partial charge in [-0.1, -0.05) is 6.07 Å². The van der Waals surface area contributed by atoms with Crippen LogP contribution in [0.25, 0.3) is 5.69 Å². The number of hydrogen-bond acceptors (Lipinski definition) is 8. The Labute approximate surface area is 247 Å². The first-order valence-corrected chi connectivity index (χ1v) is 13.6. The van der Waals surface area contributed by atoms with Crippen molar-refractivity contribution in [1.82, 2.24) is 14.8 Å². The number of halogens is 5. The lowest BCUT2D eigenvalue weighted by Crippen LogP contribution is -2.25. The van der Waals surface area contributed by atoms with Gasteiger partial charge in [-0.15, -0.1) is 8.78 Å². The van der Waals surface area contributed by atoms with Gasteiger partial charge in [0, 0.05) is 23.5 Å². The lowest BCUT2D eigenvalue weighted by atomic mass is 9.91. The van der Waals surface area contributed by atoms with Gasteiger partial charge in [0.25, 0.3) is 0 Å². The van der Waals surface area contributed by atoms with Crippen LogP contribution in [0.4, 0.5) is 27.6 Å². The first-order chi connectivity index (χ1) is 20.9. The third-order valence-electron chi connectivity index (χ3n) is 7.34. The van der Waals surface area contributed by atoms with Crippen molar-refractivity contribution in [3.05, 3.63) is 88.9 Å². The SMILES string of the molecule is COC(=O)c1ccc(N[C@H]2CCCc3c(C(F)(F)F)nn(-c4ccnc(O[C@@H](C)c5ccc6c(c5)OC(F)(F)O6)c4)c32)cc1. The zero-order valence-corrected chi connectivity index (χ0v) is 23.3. The Morgan fingerprint density at radius 1 is 1.09 bits per heavy atom. The molecule has 1 aliphatic heterocycles. The highest BCUT2D eigenvalue weighted by molar-refractivity contribution is 5.89. The second kappa shape index (κ2) is 11.0. The Kier molecular flexibility index (Phi) is 7.30. The van der Waals surface area contributed by atoms with Gasteiger partial charge in [0.2, 0.25) is 5.88 Å². The number of rotatable bonds is 7. The summed E-state index contributed by atoms with van der Waals surface area (Å²) in [7, 11) is 1.27. The Balaban J connectivity index is 1.30. The quantitative estimate of drug-likeness (QED) is 0.175. The smallest absolute Gasteiger partial charge is 0.470 e. The van der Waals surface area contributed by atoms with Gasteiger partial charge in [-0.2, -0.15) is 18.3 Å². The lowest BCUT2D eigenvalue weighted by molar-refractivity contribution is -0.286. The van der Waals surface area contributed by atoms with Gasteiger partial charge in [0.05, 0.1) is 30.1 Å². The fourth-order valence-corrected chi connectivity index (χ4v) is 5.34. The summed E-state index contributed by atoms with van der Waals surface area (Å²) >= 11 is 0. The van der Waals surface area contributed by atoms with Gasteiger partial charge < -0.3 is 24.3 Å². The molecule has 0 radical (unpaired) electrons. The van der Waals surface area contributed by atoms with E-state index in [4.69, 9.17) is 9.47 Å². The number of carbonyl (C=O) groups excluding carboxylic acids is 1. The minimum absolute atomic E-state index is 0.0783. The molecule has 2 aromatic carbocycles. The summed E-state index contributed by atoms with van der Waals surface area (Å²) in [5, 5.41) is 7.30. The largest absolute Gasteiger partial charge is 0.586 e. The number of anilines is 1. The van der Waals surface area contributed by atoms with E-state index >= 15 is 0 Å². The second-order valence-electron chi connectivity index (χ2n) is 10.3. The Hall–Kier alpha value is -4.88. The van der Waals surface area contributed by atoms with Gasteiger partial charge in [0.15, 0.2) is 17.2 Å². The monoisotopic (exact) mass is 616 g/mol. The molecule has 14 heteroatoms. The second-order valence-corrected chi connectivity index (χ2v) is 10.3. The normalized spacial score (nSPS) is 17.5. The molecule has 6 rings (SSSR count). The molecular formula is C30H25F5N4O5. The van der Waals surface area contributed by atoms with E-state index in [0.717, 1.165) is 0 Å². The Bertz CT molecular complexity index is 1710. The first kappa shape index (κ1) is 29.2. The number of carbonyl (C=O) groups is 1. The number of pyridine rings is 1.